The molecular weight excluding hydrogens is 1080 g/mol. The maximum atomic E-state index is 13.8. The van der Waals surface area contributed by atoms with E-state index in [0.29, 0.717) is 67.6 Å². The van der Waals surface area contributed by atoms with Crippen LogP contribution in [0.3, 0.4) is 0 Å². The van der Waals surface area contributed by atoms with Crippen LogP contribution in [0.1, 0.15) is 100 Å². The molecule has 7 N–H and O–H groups in total. The number of H-pyrrole nitrogens is 1. The smallest absolute Gasteiger partial charge is 0.407 e. The maximum absolute atomic E-state index is 13.8. The Bertz CT molecular complexity index is 3230. The minimum absolute atomic E-state index is 0.00713. The molecule has 4 heterocycles. The largest absolute Gasteiger partial charge is 0.445 e. The number of nitrogens with one attached hydrogen (secondary N) is 5. The predicted molar refractivity (Wildman–Crippen MR) is 309 cm³/mol. The van der Waals surface area contributed by atoms with E-state index in [1.54, 1.807) is 49.0 Å². The fourth-order valence-electron chi connectivity index (χ4n) is 9.93. The molecule has 1 aliphatic rings. The lowest BCUT2D eigenvalue weighted by molar-refractivity contribution is -0.696. The number of imide groups is 1. The van der Waals surface area contributed by atoms with Gasteiger partial charge in [-0.3, -0.25) is 24.0 Å². The van der Waals surface area contributed by atoms with E-state index in [4.69, 9.17) is 29.5 Å². The minimum Gasteiger partial charge on any atom is -0.445 e. The van der Waals surface area contributed by atoms with Gasteiger partial charge in [-0.2, -0.15) is 0 Å². The Balaban J connectivity index is 0.744. The van der Waals surface area contributed by atoms with Crippen LogP contribution in [0.25, 0.3) is 32.6 Å². The number of aromatic amines is 1. The van der Waals surface area contributed by atoms with Crippen molar-refractivity contribution in [3.8, 4) is 0 Å². The lowest BCUT2D eigenvalue weighted by Gasteiger charge is -2.24. The molecular formula is C60H78N11O13+. The van der Waals surface area contributed by atoms with E-state index >= 15 is 0 Å². The second kappa shape index (κ2) is 31.9. The van der Waals surface area contributed by atoms with E-state index in [9.17, 15) is 38.4 Å². The third kappa shape index (κ3) is 18.8. The number of carbonyl (C=O) groups is 8. The van der Waals surface area contributed by atoms with Crippen molar-refractivity contribution in [2.75, 3.05) is 58.0 Å². The summed E-state index contributed by atoms with van der Waals surface area (Å²) in [6.07, 6.45) is 9.60. The molecule has 0 bridgehead atoms. The summed E-state index contributed by atoms with van der Waals surface area (Å²) in [6.45, 7) is 10.8. The number of fused-ring (bicyclic) bond motifs is 4. The molecule has 3 aromatic heterocycles. The Morgan fingerprint density at radius 2 is 1.52 bits per heavy atom. The molecule has 0 saturated carbocycles. The predicted octanol–water partition coefficient (Wildman–Crippen LogP) is 5.85. The van der Waals surface area contributed by atoms with Crippen molar-refractivity contribution in [1.82, 2.24) is 41.0 Å². The number of nitrogens with zero attached hydrogens (tertiary/aromatic N) is 5. The Kier molecular flexibility index (Phi) is 24.0. The molecule has 450 valence electrons. The Labute approximate surface area is 487 Å². The zero-order valence-corrected chi connectivity index (χ0v) is 48.3. The van der Waals surface area contributed by atoms with Crippen molar-refractivity contribution in [1.29, 1.82) is 0 Å². The first kappa shape index (κ1) is 63.2. The molecule has 1 fully saturated rings. The van der Waals surface area contributed by atoms with Crippen molar-refractivity contribution in [3.63, 3.8) is 0 Å². The van der Waals surface area contributed by atoms with Gasteiger partial charge in [0.1, 0.15) is 19.8 Å². The quantitative estimate of drug-likeness (QED) is 0.0154. The number of rotatable bonds is 35. The molecule has 7 amide bonds. The number of para-hydroxylation sites is 1. The fourth-order valence-corrected chi connectivity index (χ4v) is 9.93. The molecule has 2 atom stereocenters. The van der Waals surface area contributed by atoms with Crippen molar-refractivity contribution in [2.45, 2.75) is 124 Å². The molecule has 7 rings (SSSR count). The molecule has 3 aromatic carbocycles. The Morgan fingerprint density at radius 1 is 0.798 bits per heavy atom. The second-order valence-electron chi connectivity index (χ2n) is 21.2. The molecule has 24 nitrogen and oxygen atoms in total. The highest BCUT2D eigenvalue weighted by Gasteiger charge is 2.33. The summed E-state index contributed by atoms with van der Waals surface area (Å²) in [5.74, 6) is -4.10. The summed E-state index contributed by atoms with van der Waals surface area (Å²) in [7, 11) is 0. The van der Waals surface area contributed by atoms with Gasteiger partial charge >= 0.3 is 18.1 Å². The third-order valence-electron chi connectivity index (χ3n) is 14.5. The number of carbonyl (C=O) groups excluding carboxylic acids is 8. The number of hydrogen-bond acceptors (Lipinski definition) is 15. The van der Waals surface area contributed by atoms with Crippen molar-refractivity contribution >= 4 is 85.8 Å². The average Bonchev–Trinajstić information content (AvgIpc) is 2.05. The van der Waals surface area contributed by atoms with Gasteiger partial charge in [0, 0.05) is 90.7 Å². The molecule has 24 heteroatoms. The SMILES string of the molecule is Cc1c2cc[n+](CCCCCNC(=O)OCc3ccc(NC(=O)C(CCCNC(N)=O)CC(=O)C(NC(=O)COCCOCCOCCn4cc(CCCC(=O)ON5C(=O)CCC5=O)nn4)C(C)C)cc3)cc2c(C)c2c1[nH]c1ccccc12. The first-order valence-electron chi connectivity index (χ1n) is 28.7. The van der Waals surface area contributed by atoms with Gasteiger partial charge in [0.05, 0.1) is 56.8 Å². The lowest BCUT2D eigenvalue weighted by atomic mass is 9.89. The summed E-state index contributed by atoms with van der Waals surface area (Å²) in [4.78, 5) is 108. The van der Waals surface area contributed by atoms with Gasteiger partial charge in [-0.1, -0.05) is 49.4 Å². The summed E-state index contributed by atoms with van der Waals surface area (Å²) in [5, 5.41) is 24.6. The third-order valence-corrected chi connectivity index (χ3v) is 14.5. The second-order valence-corrected chi connectivity index (χ2v) is 21.2. The van der Waals surface area contributed by atoms with Gasteiger partial charge in [0.2, 0.25) is 11.8 Å². The summed E-state index contributed by atoms with van der Waals surface area (Å²) >= 11 is 0. The standard InChI is InChI=1S/C60H77N11O13/c1-39(2)56(66-51(73)38-82-33-32-81-31-30-80-29-28-70-35-45(67-68-70)13-10-16-54(76)84-71-52(74)21-22-53(71)75)50(72)34-43(12-11-25-62-59(61)78)58(77)64-44-19-17-42(18-20-44)37-83-60(79)63-24-8-5-9-26-69-27-23-46-41(4)57-55(40(3)48(46)36-69)47-14-6-7-15-49(47)65-57/h6-7,14-15,17-20,23,27,35-36,39,43,56H,5,8-13,16,21-22,24-26,28-34,37-38H2,1-4H3,(H6,61,62,63,64,66,73,77,78,79)/p+1. The molecule has 0 aliphatic carbocycles. The topological polar surface area (TPSA) is 310 Å². The number of benzene rings is 3. The number of amides is 7. The van der Waals surface area contributed by atoms with Crippen LogP contribution in [0.15, 0.2) is 73.2 Å². The number of ketones is 1. The van der Waals surface area contributed by atoms with Crippen LogP contribution < -0.4 is 31.6 Å². The number of urea groups is 1. The lowest BCUT2D eigenvalue weighted by Crippen LogP contribution is -2.47. The number of alkyl carbamates (subject to hydrolysis) is 1. The highest BCUT2D eigenvalue weighted by atomic mass is 16.7. The van der Waals surface area contributed by atoms with Crippen LogP contribution in [0.2, 0.25) is 0 Å². The first-order chi connectivity index (χ1) is 40.5. The highest BCUT2D eigenvalue weighted by Crippen LogP contribution is 2.36. The fraction of sp³-hybridized carbons (Fsp3) is 0.483. The van der Waals surface area contributed by atoms with E-state index in [0.717, 1.165) is 31.3 Å². The van der Waals surface area contributed by atoms with Crippen molar-refractivity contribution < 1.29 is 66.7 Å². The molecule has 84 heavy (non-hydrogen) atoms. The van der Waals surface area contributed by atoms with Crippen molar-refractivity contribution in [3.05, 3.63) is 95.6 Å². The number of pyridine rings is 1. The number of nitrogens with two attached hydrogens (primary N) is 1. The van der Waals surface area contributed by atoms with E-state index in [2.05, 4.69) is 97.7 Å². The van der Waals surface area contributed by atoms with Gasteiger partial charge in [-0.05, 0) is 98.6 Å². The van der Waals surface area contributed by atoms with Gasteiger partial charge < -0.3 is 55.8 Å². The normalized spacial score (nSPS) is 13.2. The first-order valence-corrected chi connectivity index (χ1v) is 28.7. The van der Waals surface area contributed by atoms with Crippen LogP contribution in [-0.2, 0) is 78.7 Å². The van der Waals surface area contributed by atoms with Gasteiger partial charge in [-0.15, -0.1) is 10.2 Å². The van der Waals surface area contributed by atoms with E-state index in [-0.39, 0.29) is 83.4 Å². The summed E-state index contributed by atoms with van der Waals surface area (Å²) < 4.78 is 26.0. The zero-order chi connectivity index (χ0) is 60.0. The summed E-state index contributed by atoms with van der Waals surface area (Å²) in [5.41, 5.74) is 11.9. The van der Waals surface area contributed by atoms with Crippen molar-refractivity contribution in [2.24, 2.45) is 17.6 Å². The number of primary amides is 1. The number of Topliss-reactive ketones (excluding diaryl/α,β-unsaturated/α-hetero) is 1. The van der Waals surface area contributed by atoms with Crippen LogP contribution in [0, 0.1) is 25.7 Å². The number of unbranched alkanes of at least 4 members (excludes halogenated alkanes) is 2. The molecule has 0 spiro atoms. The number of hydrogen-bond donors (Lipinski definition) is 6. The summed E-state index contributed by atoms with van der Waals surface area (Å²) in [6, 6.07) is 15.8. The van der Waals surface area contributed by atoms with Crippen LogP contribution in [0.4, 0.5) is 15.3 Å². The Morgan fingerprint density at radius 3 is 2.27 bits per heavy atom. The van der Waals surface area contributed by atoms with Gasteiger partial charge in [0.25, 0.3) is 11.8 Å². The van der Waals surface area contributed by atoms with Crippen LogP contribution >= 0.6 is 0 Å². The molecule has 6 aromatic rings. The maximum Gasteiger partial charge on any atom is 0.407 e. The number of hydroxylamine groups is 2. The Hall–Kier alpha value is -8.35. The highest BCUT2D eigenvalue weighted by molar-refractivity contribution is 6.16. The van der Waals surface area contributed by atoms with E-state index in [1.807, 2.05) is 0 Å². The van der Waals surface area contributed by atoms with E-state index < -0.39 is 53.7 Å². The molecule has 1 saturated heterocycles. The average molecular weight is 1160 g/mol. The van der Waals surface area contributed by atoms with Gasteiger partial charge in [-0.25, -0.2) is 23.6 Å². The van der Waals surface area contributed by atoms with Crippen LogP contribution in [-0.4, -0.2) is 131 Å². The molecule has 1 aliphatic heterocycles. The van der Waals surface area contributed by atoms with E-state index in [1.165, 1.54) is 38.2 Å². The van der Waals surface area contributed by atoms with Crippen LogP contribution in [0.5, 0.6) is 0 Å². The molecule has 0 radical (unpaired) electrons. The van der Waals surface area contributed by atoms with Gasteiger partial charge in [0.15, 0.2) is 18.2 Å². The number of anilines is 1. The monoisotopic (exact) mass is 1160 g/mol. The minimum atomic E-state index is -0.902. The zero-order valence-electron chi connectivity index (χ0n) is 48.3. The number of aromatic nitrogens is 5. The number of ether oxygens (including phenoxy) is 4. The molecule has 2 unspecified atom stereocenters. The number of aryl methyl sites for hydroxylation is 4.